The van der Waals surface area contributed by atoms with E-state index in [1.54, 1.807) is 18.3 Å². The Balaban J connectivity index is 1.73. The van der Waals surface area contributed by atoms with Gasteiger partial charge in [-0.15, -0.1) is 0 Å². The molecule has 5 heteroatoms. The van der Waals surface area contributed by atoms with Gasteiger partial charge in [0.25, 0.3) is 5.91 Å². The fourth-order valence-electron chi connectivity index (χ4n) is 3.18. The first-order valence-electron chi connectivity index (χ1n) is 8.07. The second kappa shape index (κ2) is 6.43. The van der Waals surface area contributed by atoms with Gasteiger partial charge in [-0.3, -0.25) is 4.79 Å². The molecule has 128 valence electrons. The van der Waals surface area contributed by atoms with E-state index in [0.29, 0.717) is 5.56 Å². The summed E-state index contributed by atoms with van der Waals surface area (Å²) in [4.78, 5) is 14.1. The Labute approximate surface area is 147 Å². The first kappa shape index (κ1) is 16.8. The fourth-order valence-corrected chi connectivity index (χ4v) is 3.18. The molecule has 0 aromatic heterocycles. The number of likely N-dealkylation sites (N-methyl/N-ethyl adjacent to an activating group) is 1. The van der Waals surface area contributed by atoms with Crippen molar-refractivity contribution >= 4 is 17.8 Å². The van der Waals surface area contributed by atoms with Crippen molar-refractivity contribution in [2.45, 2.75) is 19.3 Å². The van der Waals surface area contributed by atoms with Crippen LogP contribution in [-0.4, -0.2) is 24.3 Å². The minimum atomic E-state index is -0.322. The summed E-state index contributed by atoms with van der Waals surface area (Å²) in [6, 6.07) is 14.3. The number of carbonyl (C=O) groups excluding carboxylic acids is 1. The van der Waals surface area contributed by atoms with E-state index in [0.717, 1.165) is 5.70 Å². The van der Waals surface area contributed by atoms with Gasteiger partial charge in [-0.25, -0.2) is 5.43 Å². The van der Waals surface area contributed by atoms with Crippen LogP contribution < -0.4 is 10.3 Å². The summed E-state index contributed by atoms with van der Waals surface area (Å²) in [6.07, 6.45) is 3.51. The van der Waals surface area contributed by atoms with E-state index in [1.807, 2.05) is 25.3 Å². The first-order valence-corrected chi connectivity index (χ1v) is 8.07. The van der Waals surface area contributed by atoms with Gasteiger partial charge in [0, 0.05) is 35.6 Å². The van der Waals surface area contributed by atoms with Crippen molar-refractivity contribution in [2.24, 2.45) is 5.10 Å². The number of carbonyl (C=O) groups is 1. The number of para-hydroxylation sites is 1. The molecule has 25 heavy (non-hydrogen) atoms. The number of fused-ring (bicyclic) bond motifs is 1. The summed E-state index contributed by atoms with van der Waals surface area (Å²) in [6.45, 7) is 4.34. The van der Waals surface area contributed by atoms with E-state index in [-0.39, 0.29) is 17.1 Å². The van der Waals surface area contributed by atoms with Gasteiger partial charge in [-0.05, 0) is 42.0 Å². The minimum absolute atomic E-state index is 0.121. The second-order valence-electron chi connectivity index (χ2n) is 6.52. The third-order valence-corrected chi connectivity index (χ3v) is 4.54. The Kier molecular flexibility index (Phi) is 4.31. The molecule has 0 fully saturated rings. The third-order valence-electron chi connectivity index (χ3n) is 4.54. The summed E-state index contributed by atoms with van der Waals surface area (Å²) in [5.74, 6) is -0.201. The molecular formula is C20H21N3O2. The van der Waals surface area contributed by atoms with Crippen molar-refractivity contribution in [1.29, 1.82) is 0 Å². The largest absolute Gasteiger partial charge is 0.508 e. The molecule has 0 bridgehead atoms. The average Bonchev–Trinajstić information content (AvgIpc) is 2.79. The number of nitrogens with one attached hydrogen (secondary N) is 1. The highest BCUT2D eigenvalue weighted by atomic mass is 16.3. The number of hydrazone groups is 1. The number of hydrogen-bond donors (Lipinski definition) is 2. The molecule has 0 unspecified atom stereocenters. The summed E-state index contributed by atoms with van der Waals surface area (Å²) < 4.78 is 0. The van der Waals surface area contributed by atoms with Crippen LogP contribution in [0.15, 0.2) is 65.4 Å². The van der Waals surface area contributed by atoms with Crippen LogP contribution in [-0.2, 0) is 5.41 Å². The zero-order valence-corrected chi connectivity index (χ0v) is 14.5. The van der Waals surface area contributed by atoms with Gasteiger partial charge in [-0.1, -0.05) is 32.0 Å². The summed E-state index contributed by atoms with van der Waals surface area (Å²) >= 11 is 0. The maximum Gasteiger partial charge on any atom is 0.271 e. The second-order valence-corrected chi connectivity index (χ2v) is 6.52. The van der Waals surface area contributed by atoms with Crippen molar-refractivity contribution in [3.05, 3.63) is 71.4 Å². The van der Waals surface area contributed by atoms with E-state index >= 15 is 0 Å². The summed E-state index contributed by atoms with van der Waals surface area (Å²) in [5.41, 5.74) is 6.36. The Bertz CT molecular complexity index is 851. The lowest BCUT2D eigenvalue weighted by molar-refractivity contribution is 0.0955. The fraction of sp³-hybridized carbons (Fsp3) is 0.200. The van der Waals surface area contributed by atoms with Crippen molar-refractivity contribution < 1.29 is 9.90 Å². The lowest BCUT2D eigenvalue weighted by Crippen LogP contribution is -2.23. The maximum atomic E-state index is 12.0. The Morgan fingerprint density at radius 2 is 1.84 bits per heavy atom. The zero-order valence-electron chi connectivity index (χ0n) is 14.5. The summed E-state index contributed by atoms with van der Waals surface area (Å²) in [7, 11) is 2.03. The lowest BCUT2D eigenvalue weighted by atomic mass is 9.84. The molecule has 1 heterocycles. The molecule has 0 atom stereocenters. The van der Waals surface area contributed by atoms with Crippen molar-refractivity contribution in [3.63, 3.8) is 0 Å². The van der Waals surface area contributed by atoms with Gasteiger partial charge in [-0.2, -0.15) is 5.10 Å². The first-order chi connectivity index (χ1) is 11.9. The smallest absolute Gasteiger partial charge is 0.271 e. The molecule has 1 aliphatic heterocycles. The van der Waals surface area contributed by atoms with Crippen LogP contribution in [0.1, 0.15) is 29.8 Å². The number of rotatable bonds is 3. The SMILES string of the molecule is CN1/C(=C/C=N\NC(=O)c2ccc(O)cc2)C(C)(C)c2ccccc21. The Morgan fingerprint density at radius 1 is 1.16 bits per heavy atom. The standard InChI is InChI=1S/C20H21N3O2/c1-20(2)16-6-4-5-7-17(16)23(3)18(20)12-13-21-22-19(25)14-8-10-15(24)11-9-14/h4-13,24H,1-3H3,(H,22,25)/b18-12+,21-13-. The molecule has 0 saturated carbocycles. The van der Waals surface area contributed by atoms with E-state index in [2.05, 4.69) is 41.4 Å². The van der Waals surface area contributed by atoms with Gasteiger partial charge in [0.15, 0.2) is 0 Å². The lowest BCUT2D eigenvalue weighted by Gasteiger charge is -2.23. The minimum Gasteiger partial charge on any atom is -0.508 e. The van der Waals surface area contributed by atoms with Crippen LogP contribution in [0.3, 0.4) is 0 Å². The van der Waals surface area contributed by atoms with Crippen molar-refractivity contribution in [3.8, 4) is 5.75 Å². The molecule has 2 aromatic rings. The van der Waals surface area contributed by atoms with E-state index in [1.165, 1.54) is 23.4 Å². The molecule has 1 aliphatic rings. The molecule has 2 N–H and O–H groups in total. The van der Waals surface area contributed by atoms with Gasteiger partial charge < -0.3 is 10.0 Å². The Morgan fingerprint density at radius 3 is 2.52 bits per heavy atom. The van der Waals surface area contributed by atoms with Crippen molar-refractivity contribution in [2.75, 3.05) is 11.9 Å². The van der Waals surface area contributed by atoms with Gasteiger partial charge in [0.2, 0.25) is 0 Å². The molecule has 5 nitrogen and oxygen atoms in total. The van der Waals surface area contributed by atoms with Gasteiger partial charge in [0.05, 0.1) is 0 Å². The predicted octanol–water partition coefficient (Wildman–Crippen LogP) is 3.42. The van der Waals surface area contributed by atoms with Gasteiger partial charge >= 0.3 is 0 Å². The van der Waals surface area contributed by atoms with E-state index < -0.39 is 0 Å². The number of benzene rings is 2. The van der Waals surface area contributed by atoms with Gasteiger partial charge in [0.1, 0.15) is 5.75 Å². The molecule has 0 radical (unpaired) electrons. The van der Waals surface area contributed by atoms with Crippen LogP contribution in [0, 0.1) is 0 Å². The number of amides is 1. The van der Waals surface area contributed by atoms with Crippen LogP contribution in [0.25, 0.3) is 0 Å². The number of nitrogens with zero attached hydrogens (tertiary/aromatic N) is 2. The van der Waals surface area contributed by atoms with Crippen LogP contribution >= 0.6 is 0 Å². The highest BCUT2D eigenvalue weighted by Gasteiger charge is 2.37. The third kappa shape index (κ3) is 3.13. The molecule has 0 spiro atoms. The normalized spacial score (nSPS) is 17.1. The number of allylic oxidation sites excluding steroid dienone is 2. The molecule has 3 rings (SSSR count). The maximum absolute atomic E-state index is 12.0. The number of anilines is 1. The molecule has 0 aliphatic carbocycles. The average molecular weight is 335 g/mol. The predicted molar refractivity (Wildman–Crippen MR) is 100 cm³/mol. The quantitative estimate of drug-likeness (QED) is 0.667. The number of hydrogen-bond acceptors (Lipinski definition) is 4. The number of aromatic hydroxyl groups is 1. The molecule has 1 amide bonds. The van der Waals surface area contributed by atoms with E-state index in [9.17, 15) is 9.90 Å². The highest BCUT2D eigenvalue weighted by Crippen LogP contribution is 2.46. The monoisotopic (exact) mass is 335 g/mol. The molecule has 0 saturated heterocycles. The van der Waals surface area contributed by atoms with E-state index in [4.69, 9.17) is 0 Å². The van der Waals surface area contributed by atoms with Crippen LogP contribution in [0.5, 0.6) is 5.75 Å². The highest BCUT2D eigenvalue weighted by molar-refractivity contribution is 5.94. The number of phenols is 1. The van der Waals surface area contributed by atoms with Crippen LogP contribution in [0.4, 0.5) is 5.69 Å². The van der Waals surface area contributed by atoms with Crippen molar-refractivity contribution in [1.82, 2.24) is 5.43 Å². The van der Waals surface area contributed by atoms with Crippen LogP contribution in [0.2, 0.25) is 0 Å². The molecular weight excluding hydrogens is 314 g/mol. The topological polar surface area (TPSA) is 64.9 Å². The number of phenolic OH excluding ortho intramolecular Hbond substituents is 1. The zero-order chi connectivity index (χ0) is 18.0. The Hall–Kier alpha value is -3.08. The molecule has 2 aromatic carbocycles. The summed E-state index contributed by atoms with van der Waals surface area (Å²) in [5, 5.41) is 13.3.